The largest absolute Gasteiger partial charge is 0.393 e. The Kier molecular flexibility index (Phi) is 4.04. The molecule has 15 heavy (non-hydrogen) atoms. The number of hydrogen-bond acceptors (Lipinski definition) is 2. The van der Waals surface area contributed by atoms with Crippen LogP contribution in [-0.2, 0) is 0 Å². The molecule has 2 aliphatic carbocycles. The Morgan fingerprint density at radius 1 is 1.20 bits per heavy atom. The fraction of sp³-hybridized carbons (Fsp3) is 1.00. The third kappa shape index (κ3) is 3.76. The average molecular weight is 211 g/mol. The first kappa shape index (κ1) is 11.4. The van der Waals surface area contributed by atoms with Gasteiger partial charge in [-0.05, 0) is 63.3 Å². The van der Waals surface area contributed by atoms with E-state index in [0.717, 1.165) is 43.7 Å². The van der Waals surface area contributed by atoms with E-state index < -0.39 is 0 Å². The van der Waals surface area contributed by atoms with Crippen LogP contribution < -0.4 is 5.32 Å². The third-order valence-corrected chi connectivity index (χ3v) is 3.83. The van der Waals surface area contributed by atoms with Crippen LogP contribution in [0.2, 0.25) is 0 Å². The summed E-state index contributed by atoms with van der Waals surface area (Å²) in [6.45, 7) is 3.16. The van der Waals surface area contributed by atoms with Gasteiger partial charge in [0.15, 0.2) is 0 Å². The fourth-order valence-electron chi connectivity index (χ4n) is 2.44. The molecule has 88 valence electrons. The summed E-state index contributed by atoms with van der Waals surface area (Å²) >= 11 is 0. The highest BCUT2D eigenvalue weighted by molar-refractivity contribution is 4.96. The SMILES string of the molecule is CCC(O)CCCNC(C1CC1)C1CC1. The molecule has 0 amide bonds. The lowest BCUT2D eigenvalue weighted by atomic mass is 10.1. The fourth-order valence-corrected chi connectivity index (χ4v) is 2.44. The molecule has 0 aromatic carbocycles. The van der Waals surface area contributed by atoms with Crippen molar-refractivity contribution in [3.05, 3.63) is 0 Å². The average Bonchev–Trinajstić information content (AvgIpc) is 3.09. The van der Waals surface area contributed by atoms with Crippen LogP contribution in [0.15, 0.2) is 0 Å². The minimum Gasteiger partial charge on any atom is -0.393 e. The van der Waals surface area contributed by atoms with Gasteiger partial charge in [0.1, 0.15) is 0 Å². The quantitative estimate of drug-likeness (QED) is 0.604. The number of aliphatic hydroxyl groups excluding tert-OH is 1. The van der Waals surface area contributed by atoms with E-state index in [2.05, 4.69) is 12.2 Å². The summed E-state index contributed by atoms with van der Waals surface area (Å²) in [5.74, 6) is 1.99. The van der Waals surface area contributed by atoms with Crippen molar-refractivity contribution in [2.45, 2.75) is 64.0 Å². The van der Waals surface area contributed by atoms with Crippen LogP contribution in [0, 0.1) is 11.8 Å². The van der Waals surface area contributed by atoms with Crippen molar-refractivity contribution in [2.75, 3.05) is 6.54 Å². The van der Waals surface area contributed by atoms with E-state index in [1.54, 1.807) is 0 Å². The zero-order chi connectivity index (χ0) is 10.7. The normalized spacial score (nSPS) is 23.4. The van der Waals surface area contributed by atoms with Crippen molar-refractivity contribution < 1.29 is 5.11 Å². The second-order valence-electron chi connectivity index (χ2n) is 5.36. The first-order chi connectivity index (χ1) is 7.31. The summed E-state index contributed by atoms with van der Waals surface area (Å²) in [4.78, 5) is 0. The van der Waals surface area contributed by atoms with E-state index in [4.69, 9.17) is 0 Å². The monoisotopic (exact) mass is 211 g/mol. The minimum atomic E-state index is -0.0768. The molecular formula is C13H25NO. The Balaban J connectivity index is 1.55. The molecule has 1 unspecified atom stereocenters. The molecule has 0 aromatic heterocycles. The summed E-state index contributed by atoms with van der Waals surface area (Å²) < 4.78 is 0. The number of rotatable bonds is 8. The Bertz CT molecular complexity index is 175. The Hall–Kier alpha value is -0.0800. The third-order valence-electron chi connectivity index (χ3n) is 3.83. The molecule has 2 saturated carbocycles. The van der Waals surface area contributed by atoms with E-state index in [1.807, 2.05) is 0 Å². The van der Waals surface area contributed by atoms with Gasteiger partial charge in [0, 0.05) is 6.04 Å². The number of nitrogens with one attached hydrogen (secondary N) is 1. The zero-order valence-electron chi connectivity index (χ0n) is 9.91. The van der Waals surface area contributed by atoms with Gasteiger partial charge < -0.3 is 10.4 Å². The van der Waals surface area contributed by atoms with Gasteiger partial charge in [0.2, 0.25) is 0 Å². The standard InChI is InChI=1S/C13H25NO/c1-2-12(15)4-3-9-14-13(10-5-6-10)11-7-8-11/h10-15H,2-9H2,1H3. The smallest absolute Gasteiger partial charge is 0.0538 e. The highest BCUT2D eigenvalue weighted by atomic mass is 16.3. The lowest BCUT2D eigenvalue weighted by Gasteiger charge is -2.18. The van der Waals surface area contributed by atoms with E-state index in [0.29, 0.717) is 0 Å². The van der Waals surface area contributed by atoms with Gasteiger partial charge in [-0.2, -0.15) is 0 Å². The summed E-state index contributed by atoms with van der Waals surface area (Å²) in [6, 6.07) is 0.823. The van der Waals surface area contributed by atoms with Crippen molar-refractivity contribution in [3.63, 3.8) is 0 Å². The molecule has 2 aliphatic rings. The molecule has 0 aliphatic heterocycles. The number of aliphatic hydroxyl groups is 1. The predicted molar refractivity (Wildman–Crippen MR) is 62.8 cm³/mol. The highest BCUT2D eigenvalue weighted by Crippen LogP contribution is 2.44. The molecule has 0 spiro atoms. The van der Waals surface area contributed by atoms with E-state index in [1.165, 1.54) is 25.7 Å². The van der Waals surface area contributed by atoms with Crippen LogP contribution in [-0.4, -0.2) is 23.8 Å². The van der Waals surface area contributed by atoms with Gasteiger partial charge in [-0.3, -0.25) is 0 Å². The lowest BCUT2D eigenvalue weighted by Crippen LogP contribution is -2.34. The Morgan fingerprint density at radius 2 is 1.80 bits per heavy atom. The van der Waals surface area contributed by atoms with Crippen LogP contribution in [0.3, 0.4) is 0 Å². The first-order valence-corrected chi connectivity index (χ1v) is 6.72. The van der Waals surface area contributed by atoms with Crippen LogP contribution in [0.4, 0.5) is 0 Å². The van der Waals surface area contributed by atoms with Crippen molar-refractivity contribution in [3.8, 4) is 0 Å². The maximum atomic E-state index is 9.44. The van der Waals surface area contributed by atoms with Crippen LogP contribution in [0.25, 0.3) is 0 Å². The molecule has 0 saturated heterocycles. The maximum Gasteiger partial charge on any atom is 0.0538 e. The summed E-state index contributed by atoms with van der Waals surface area (Å²) in [5.41, 5.74) is 0. The second kappa shape index (κ2) is 5.31. The van der Waals surface area contributed by atoms with Crippen molar-refractivity contribution in [1.29, 1.82) is 0 Å². The van der Waals surface area contributed by atoms with Crippen LogP contribution >= 0.6 is 0 Å². The lowest BCUT2D eigenvalue weighted by molar-refractivity contribution is 0.156. The van der Waals surface area contributed by atoms with E-state index >= 15 is 0 Å². The summed E-state index contributed by atoms with van der Waals surface area (Å²) in [7, 11) is 0. The van der Waals surface area contributed by atoms with Crippen molar-refractivity contribution in [2.24, 2.45) is 11.8 Å². The molecule has 0 aromatic rings. The van der Waals surface area contributed by atoms with Gasteiger partial charge >= 0.3 is 0 Å². The topological polar surface area (TPSA) is 32.3 Å². The van der Waals surface area contributed by atoms with Gasteiger partial charge in [-0.25, -0.2) is 0 Å². The van der Waals surface area contributed by atoms with Crippen molar-refractivity contribution in [1.82, 2.24) is 5.32 Å². The summed E-state index contributed by atoms with van der Waals surface area (Å²) in [5, 5.41) is 13.2. The Morgan fingerprint density at radius 3 is 2.27 bits per heavy atom. The molecule has 0 bridgehead atoms. The van der Waals surface area contributed by atoms with Gasteiger partial charge in [0.25, 0.3) is 0 Å². The highest BCUT2D eigenvalue weighted by Gasteiger charge is 2.40. The second-order valence-corrected chi connectivity index (χ2v) is 5.36. The zero-order valence-corrected chi connectivity index (χ0v) is 9.91. The molecule has 2 fully saturated rings. The van der Waals surface area contributed by atoms with Gasteiger partial charge in [-0.1, -0.05) is 6.92 Å². The van der Waals surface area contributed by atoms with Gasteiger partial charge in [0.05, 0.1) is 6.10 Å². The first-order valence-electron chi connectivity index (χ1n) is 6.72. The maximum absolute atomic E-state index is 9.44. The predicted octanol–water partition coefficient (Wildman–Crippen LogP) is 2.32. The number of hydrogen-bond donors (Lipinski definition) is 2. The molecule has 2 N–H and O–H groups in total. The molecular weight excluding hydrogens is 186 g/mol. The molecule has 2 nitrogen and oxygen atoms in total. The summed E-state index contributed by atoms with van der Waals surface area (Å²) in [6.07, 6.45) is 8.72. The molecule has 1 atom stereocenters. The van der Waals surface area contributed by atoms with Crippen LogP contribution in [0.5, 0.6) is 0 Å². The van der Waals surface area contributed by atoms with Crippen LogP contribution in [0.1, 0.15) is 51.9 Å². The molecule has 0 radical (unpaired) electrons. The van der Waals surface area contributed by atoms with Gasteiger partial charge in [-0.15, -0.1) is 0 Å². The molecule has 2 heteroatoms. The van der Waals surface area contributed by atoms with E-state index in [-0.39, 0.29) is 6.10 Å². The Labute approximate surface area is 93.5 Å². The van der Waals surface area contributed by atoms with E-state index in [9.17, 15) is 5.11 Å². The molecule has 0 heterocycles. The minimum absolute atomic E-state index is 0.0768. The molecule has 2 rings (SSSR count). The van der Waals surface area contributed by atoms with Crippen molar-refractivity contribution >= 4 is 0 Å².